The van der Waals surface area contributed by atoms with E-state index in [0.717, 1.165) is 12.8 Å². The minimum atomic E-state index is -3.50. The molecule has 8 nitrogen and oxygen atoms in total. The second-order valence-corrected chi connectivity index (χ2v) is 8.04. The van der Waals surface area contributed by atoms with Crippen molar-refractivity contribution < 1.29 is 17.7 Å². The normalized spacial score (nSPS) is 20.5. The van der Waals surface area contributed by atoms with Crippen LogP contribution < -0.4 is 0 Å². The molecule has 128 valence electrons. The Morgan fingerprint density at radius 2 is 2.04 bits per heavy atom. The zero-order valence-corrected chi connectivity index (χ0v) is 14.1. The molecule has 1 aliphatic heterocycles. The summed E-state index contributed by atoms with van der Waals surface area (Å²) in [4.78, 5) is 17.7. The predicted octanol–water partition coefficient (Wildman–Crippen LogP) is 0.721. The second-order valence-electron chi connectivity index (χ2n) is 6.07. The molecular formula is C14H22N4O4S. The van der Waals surface area contributed by atoms with Crippen LogP contribution in [0.4, 0.5) is 0 Å². The Hall–Kier alpha value is -1.48. The van der Waals surface area contributed by atoms with Gasteiger partial charge < -0.3 is 9.42 Å². The van der Waals surface area contributed by atoms with Crippen LogP contribution in [0.1, 0.15) is 50.2 Å². The number of hydrogen-bond donors (Lipinski definition) is 0. The number of nitrogens with zero attached hydrogens (tertiary/aromatic N) is 4. The summed E-state index contributed by atoms with van der Waals surface area (Å²) in [5, 5.41) is 3.78. The van der Waals surface area contributed by atoms with E-state index in [0.29, 0.717) is 50.8 Å². The van der Waals surface area contributed by atoms with E-state index in [2.05, 4.69) is 10.1 Å². The van der Waals surface area contributed by atoms with Crippen LogP contribution >= 0.6 is 0 Å². The van der Waals surface area contributed by atoms with Crippen LogP contribution in [0, 0.1) is 0 Å². The van der Waals surface area contributed by atoms with Crippen molar-refractivity contribution >= 4 is 15.9 Å². The van der Waals surface area contributed by atoms with Crippen molar-refractivity contribution in [2.75, 3.05) is 26.2 Å². The molecule has 0 bridgehead atoms. The molecular weight excluding hydrogens is 320 g/mol. The van der Waals surface area contributed by atoms with E-state index < -0.39 is 10.0 Å². The number of hydrogen-bond acceptors (Lipinski definition) is 6. The van der Waals surface area contributed by atoms with Gasteiger partial charge in [0.15, 0.2) is 5.82 Å². The summed E-state index contributed by atoms with van der Waals surface area (Å²) < 4.78 is 31.6. The molecule has 0 atom stereocenters. The van der Waals surface area contributed by atoms with Gasteiger partial charge in [-0.15, -0.1) is 0 Å². The highest BCUT2D eigenvalue weighted by atomic mass is 32.2. The van der Waals surface area contributed by atoms with Crippen molar-refractivity contribution in [2.24, 2.45) is 0 Å². The summed E-state index contributed by atoms with van der Waals surface area (Å²) in [5.41, 5.74) is 0. The maximum absolute atomic E-state index is 12.5. The number of carbonyl (C=O) groups excluding carboxylic acids is 1. The summed E-state index contributed by atoms with van der Waals surface area (Å²) >= 11 is 0. The lowest BCUT2D eigenvalue weighted by molar-refractivity contribution is -0.130. The molecule has 0 spiro atoms. The lowest BCUT2D eigenvalue weighted by atomic mass is 10.3. The highest BCUT2D eigenvalue weighted by Gasteiger charge is 2.32. The molecule has 1 amide bonds. The molecule has 1 saturated heterocycles. The fourth-order valence-electron chi connectivity index (χ4n) is 2.72. The summed E-state index contributed by atoms with van der Waals surface area (Å²) in [6, 6.07) is 0. The van der Waals surface area contributed by atoms with Gasteiger partial charge >= 0.3 is 0 Å². The molecule has 0 N–H and O–H groups in total. The number of aromatic nitrogens is 2. The second kappa shape index (κ2) is 6.56. The Bertz CT molecular complexity index is 668. The van der Waals surface area contributed by atoms with Crippen LogP contribution in [-0.2, 0) is 20.6 Å². The molecule has 1 aromatic rings. The molecule has 9 heteroatoms. The van der Waals surface area contributed by atoms with Gasteiger partial charge in [-0.25, -0.2) is 8.42 Å². The van der Waals surface area contributed by atoms with Gasteiger partial charge in [0.05, 0.1) is 0 Å². The van der Waals surface area contributed by atoms with E-state index in [-0.39, 0.29) is 17.5 Å². The summed E-state index contributed by atoms with van der Waals surface area (Å²) in [6.45, 7) is 3.60. The van der Waals surface area contributed by atoms with E-state index in [1.165, 1.54) is 4.31 Å². The molecule has 3 rings (SSSR count). The van der Waals surface area contributed by atoms with Crippen molar-refractivity contribution in [1.29, 1.82) is 0 Å². The van der Waals surface area contributed by atoms with Gasteiger partial charge in [-0.05, 0) is 19.3 Å². The molecule has 0 aromatic carbocycles. The third kappa shape index (κ3) is 3.89. The van der Waals surface area contributed by atoms with Gasteiger partial charge in [0.1, 0.15) is 5.75 Å². The van der Waals surface area contributed by atoms with Crippen molar-refractivity contribution in [3.63, 3.8) is 0 Å². The Morgan fingerprint density at radius 3 is 2.74 bits per heavy atom. The topological polar surface area (TPSA) is 96.6 Å². The lowest BCUT2D eigenvalue weighted by Crippen LogP contribution is -2.37. The molecule has 2 aliphatic rings. The van der Waals surface area contributed by atoms with Crippen molar-refractivity contribution in [3.8, 4) is 0 Å². The van der Waals surface area contributed by atoms with Gasteiger partial charge in [-0.1, -0.05) is 12.1 Å². The third-order valence-electron chi connectivity index (χ3n) is 4.23. The molecule has 23 heavy (non-hydrogen) atoms. The molecule has 1 aliphatic carbocycles. The van der Waals surface area contributed by atoms with Crippen LogP contribution in [0.15, 0.2) is 4.52 Å². The largest absolute Gasteiger partial charge is 0.341 e. The number of sulfonamides is 1. The molecule has 0 unspecified atom stereocenters. The van der Waals surface area contributed by atoms with Crippen molar-refractivity contribution in [2.45, 2.75) is 44.3 Å². The third-order valence-corrected chi connectivity index (χ3v) is 6.00. The van der Waals surface area contributed by atoms with Gasteiger partial charge in [-0.3, -0.25) is 4.79 Å². The van der Waals surface area contributed by atoms with Gasteiger partial charge in [0.25, 0.3) is 0 Å². The zero-order valence-electron chi connectivity index (χ0n) is 13.3. The van der Waals surface area contributed by atoms with E-state index in [4.69, 9.17) is 4.52 Å². The zero-order chi connectivity index (χ0) is 16.4. The Labute approximate surface area is 135 Å². The molecule has 0 radical (unpaired) electrons. The van der Waals surface area contributed by atoms with Crippen molar-refractivity contribution in [1.82, 2.24) is 19.3 Å². The van der Waals surface area contributed by atoms with Crippen LogP contribution in [0.3, 0.4) is 0 Å². The maximum atomic E-state index is 12.5. The standard InChI is InChI=1S/C14H22N4O4S/c1-2-13(19)17-6-3-7-18(9-8-17)23(20,21)10-12-15-14(22-16-12)11-4-5-11/h11H,2-10H2,1H3. The Kier molecular flexibility index (Phi) is 4.67. The van der Waals surface area contributed by atoms with Gasteiger partial charge in [-0.2, -0.15) is 9.29 Å². The monoisotopic (exact) mass is 342 g/mol. The molecule has 2 heterocycles. The summed E-state index contributed by atoms with van der Waals surface area (Å²) in [5.74, 6) is 0.899. The van der Waals surface area contributed by atoms with Crippen molar-refractivity contribution in [3.05, 3.63) is 11.7 Å². The first-order valence-corrected chi connectivity index (χ1v) is 9.68. The average molecular weight is 342 g/mol. The number of rotatable bonds is 5. The number of carbonyl (C=O) groups is 1. The predicted molar refractivity (Wildman–Crippen MR) is 82.0 cm³/mol. The highest BCUT2D eigenvalue weighted by Crippen LogP contribution is 2.38. The Balaban J connectivity index is 1.63. The number of amides is 1. The molecule has 2 fully saturated rings. The van der Waals surface area contributed by atoms with Gasteiger partial charge in [0.2, 0.25) is 21.8 Å². The first-order chi connectivity index (χ1) is 11.0. The minimum absolute atomic E-state index is 0.0662. The fourth-order valence-corrected chi connectivity index (χ4v) is 4.11. The van der Waals surface area contributed by atoms with E-state index in [9.17, 15) is 13.2 Å². The van der Waals surface area contributed by atoms with Gasteiger partial charge in [0, 0.05) is 38.5 Å². The maximum Gasteiger partial charge on any atom is 0.229 e. The first kappa shape index (κ1) is 16.4. The lowest BCUT2D eigenvalue weighted by Gasteiger charge is -2.21. The average Bonchev–Trinajstić information content (AvgIpc) is 3.31. The SMILES string of the molecule is CCC(=O)N1CCCN(S(=O)(=O)Cc2noc(C3CC3)n2)CC1. The Morgan fingerprint density at radius 1 is 1.26 bits per heavy atom. The molecule has 1 saturated carbocycles. The van der Waals surface area contributed by atoms with E-state index in [1.54, 1.807) is 4.90 Å². The fraction of sp³-hybridized carbons (Fsp3) is 0.786. The van der Waals surface area contributed by atoms with E-state index in [1.807, 2.05) is 6.92 Å². The highest BCUT2D eigenvalue weighted by molar-refractivity contribution is 7.88. The molecule has 1 aromatic heterocycles. The van der Waals surface area contributed by atoms with Crippen LogP contribution in [0.5, 0.6) is 0 Å². The summed E-state index contributed by atoms with van der Waals surface area (Å²) in [7, 11) is -3.50. The summed E-state index contributed by atoms with van der Waals surface area (Å²) in [6.07, 6.45) is 3.15. The van der Waals surface area contributed by atoms with Crippen LogP contribution in [0.2, 0.25) is 0 Å². The first-order valence-electron chi connectivity index (χ1n) is 8.07. The smallest absolute Gasteiger partial charge is 0.229 e. The minimum Gasteiger partial charge on any atom is -0.341 e. The quantitative estimate of drug-likeness (QED) is 0.782. The van der Waals surface area contributed by atoms with Crippen LogP contribution in [-0.4, -0.2) is 59.8 Å². The van der Waals surface area contributed by atoms with Crippen LogP contribution in [0.25, 0.3) is 0 Å². The van der Waals surface area contributed by atoms with E-state index >= 15 is 0 Å².